The van der Waals surface area contributed by atoms with Gasteiger partial charge in [0.05, 0.1) is 11.4 Å². The molecule has 0 aromatic carbocycles. The third-order valence-corrected chi connectivity index (χ3v) is 3.24. The molecule has 0 spiro atoms. The second-order valence-electron chi connectivity index (χ2n) is 4.77. The number of aromatic nitrogens is 2. The van der Waals surface area contributed by atoms with Gasteiger partial charge in [0.1, 0.15) is 5.82 Å². The Hall–Kier alpha value is -1.16. The zero-order valence-electron chi connectivity index (χ0n) is 10.6. The van der Waals surface area contributed by atoms with Gasteiger partial charge in [-0.2, -0.15) is 0 Å². The van der Waals surface area contributed by atoms with Crippen LogP contribution in [0.25, 0.3) is 0 Å². The van der Waals surface area contributed by atoms with Gasteiger partial charge >= 0.3 is 0 Å². The number of aryl methyl sites for hydroxylation is 2. The van der Waals surface area contributed by atoms with Crippen LogP contribution in [0.15, 0.2) is 6.20 Å². The van der Waals surface area contributed by atoms with E-state index in [1.54, 1.807) is 0 Å². The van der Waals surface area contributed by atoms with E-state index in [0.717, 1.165) is 30.3 Å². The molecule has 4 nitrogen and oxygen atoms in total. The quantitative estimate of drug-likeness (QED) is 0.750. The molecule has 0 saturated carbocycles. The van der Waals surface area contributed by atoms with Crippen LogP contribution in [0.4, 0.5) is 5.82 Å². The summed E-state index contributed by atoms with van der Waals surface area (Å²) < 4.78 is 0. The molecule has 0 amide bonds. The summed E-state index contributed by atoms with van der Waals surface area (Å²) in [7, 11) is 4.28. The lowest BCUT2D eigenvalue weighted by atomic mass is 10.2. The van der Waals surface area contributed by atoms with Crippen molar-refractivity contribution in [2.24, 2.45) is 0 Å². The molecule has 1 unspecified atom stereocenters. The average molecular weight is 220 g/mol. The summed E-state index contributed by atoms with van der Waals surface area (Å²) in [4.78, 5) is 13.6. The molecular formula is C12H20N4. The molecule has 88 valence electrons. The van der Waals surface area contributed by atoms with Gasteiger partial charge in [-0.3, -0.25) is 4.98 Å². The van der Waals surface area contributed by atoms with Crippen LogP contribution in [0.5, 0.6) is 0 Å². The minimum atomic E-state index is 0.640. The van der Waals surface area contributed by atoms with Crippen molar-refractivity contribution in [2.45, 2.75) is 26.3 Å². The molecule has 1 aliphatic rings. The van der Waals surface area contributed by atoms with Crippen LogP contribution in [0.1, 0.15) is 17.8 Å². The summed E-state index contributed by atoms with van der Waals surface area (Å²) in [5.74, 6) is 1.06. The summed E-state index contributed by atoms with van der Waals surface area (Å²) >= 11 is 0. The van der Waals surface area contributed by atoms with Gasteiger partial charge in [-0.25, -0.2) is 4.98 Å². The largest absolute Gasteiger partial charge is 0.353 e. The maximum Gasteiger partial charge on any atom is 0.150 e. The molecule has 0 N–H and O–H groups in total. The zero-order valence-corrected chi connectivity index (χ0v) is 10.6. The van der Waals surface area contributed by atoms with Gasteiger partial charge in [0, 0.05) is 25.3 Å². The molecule has 16 heavy (non-hydrogen) atoms. The third-order valence-electron chi connectivity index (χ3n) is 3.24. The first kappa shape index (κ1) is 11.3. The van der Waals surface area contributed by atoms with Crippen LogP contribution in [0.2, 0.25) is 0 Å². The Morgan fingerprint density at radius 1 is 1.38 bits per heavy atom. The van der Waals surface area contributed by atoms with E-state index in [4.69, 9.17) is 0 Å². The highest BCUT2D eigenvalue weighted by Crippen LogP contribution is 2.22. The number of anilines is 1. The van der Waals surface area contributed by atoms with Crippen LogP contribution >= 0.6 is 0 Å². The van der Waals surface area contributed by atoms with Crippen molar-refractivity contribution >= 4 is 5.82 Å². The van der Waals surface area contributed by atoms with E-state index in [0.29, 0.717) is 6.04 Å². The van der Waals surface area contributed by atoms with Crippen molar-refractivity contribution in [1.29, 1.82) is 0 Å². The van der Waals surface area contributed by atoms with Crippen molar-refractivity contribution in [3.05, 3.63) is 17.6 Å². The van der Waals surface area contributed by atoms with Crippen molar-refractivity contribution < 1.29 is 0 Å². The predicted octanol–water partition coefficient (Wildman–Crippen LogP) is 1.23. The summed E-state index contributed by atoms with van der Waals surface area (Å²) in [5, 5.41) is 0. The van der Waals surface area contributed by atoms with Gasteiger partial charge in [-0.1, -0.05) is 0 Å². The summed E-state index contributed by atoms with van der Waals surface area (Å²) in [6.45, 7) is 6.17. The van der Waals surface area contributed by atoms with Crippen LogP contribution < -0.4 is 4.90 Å². The fourth-order valence-electron chi connectivity index (χ4n) is 2.18. The summed E-state index contributed by atoms with van der Waals surface area (Å²) in [5.41, 5.74) is 2.03. The SMILES string of the molecule is Cc1cnc(C)c(N2CCC(N(C)C)C2)n1. The first-order valence-electron chi connectivity index (χ1n) is 5.79. The molecule has 1 aromatic heterocycles. The molecule has 1 fully saturated rings. The van der Waals surface area contributed by atoms with Crippen LogP contribution in [0, 0.1) is 13.8 Å². The van der Waals surface area contributed by atoms with E-state index in [1.807, 2.05) is 20.0 Å². The second-order valence-corrected chi connectivity index (χ2v) is 4.77. The van der Waals surface area contributed by atoms with Gasteiger partial charge in [0.2, 0.25) is 0 Å². The van der Waals surface area contributed by atoms with Crippen molar-refractivity contribution in [1.82, 2.24) is 14.9 Å². The Morgan fingerprint density at radius 2 is 2.12 bits per heavy atom. The summed E-state index contributed by atoms with van der Waals surface area (Å²) in [6, 6.07) is 0.640. The monoisotopic (exact) mass is 220 g/mol. The third kappa shape index (κ3) is 2.16. The molecular weight excluding hydrogens is 200 g/mol. The van der Waals surface area contributed by atoms with E-state index in [9.17, 15) is 0 Å². The lowest BCUT2D eigenvalue weighted by Gasteiger charge is -2.22. The Labute approximate surface area is 97.3 Å². The first-order valence-corrected chi connectivity index (χ1v) is 5.79. The van der Waals surface area contributed by atoms with Crippen LogP contribution in [0.3, 0.4) is 0 Å². The molecule has 1 aromatic rings. The second kappa shape index (κ2) is 4.37. The Morgan fingerprint density at radius 3 is 2.75 bits per heavy atom. The Kier molecular flexibility index (Phi) is 3.10. The van der Waals surface area contributed by atoms with Crippen LogP contribution in [-0.2, 0) is 0 Å². The topological polar surface area (TPSA) is 32.3 Å². The molecule has 0 aliphatic carbocycles. The zero-order chi connectivity index (χ0) is 11.7. The number of hydrogen-bond donors (Lipinski definition) is 0. The van der Waals surface area contributed by atoms with Gasteiger partial charge in [-0.15, -0.1) is 0 Å². The Bertz CT molecular complexity index is 375. The Balaban J connectivity index is 2.17. The number of rotatable bonds is 2. The van der Waals surface area contributed by atoms with Gasteiger partial charge in [0.15, 0.2) is 0 Å². The number of nitrogens with zero attached hydrogens (tertiary/aromatic N) is 4. The number of hydrogen-bond acceptors (Lipinski definition) is 4. The molecule has 2 rings (SSSR count). The van der Waals surface area contributed by atoms with Crippen molar-refractivity contribution in [3.8, 4) is 0 Å². The summed E-state index contributed by atoms with van der Waals surface area (Å²) in [6.07, 6.45) is 3.04. The van der Waals surface area contributed by atoms with Gasteiger partial charge in [-0.05, 0) is 34.4 Å². The molecule has 0 bridgehead atoms. The highest BCUT2D eigenvalue weighted by molar-refractivity contribution is 5.44. The van der Waals surface area contributed by atoms with E-state index in [1.165, 1.54) is 6.42 Å². The van der Waals surface area contributed by atoms with Gasteiger partial charge < -0.3 is 9.80 Å². The minimum Gasteiger partial charge on any atom is -0.353 e. The molecule has 0 radical (unpaired) electrons. The predicted molar refractivity (Wildman–Crippen MR) is 65.8 cm³/mol. The molecule has 1 saturated heterocycles. The van der Waals surface area contributed by atoms with E-state index < -0.39 is 0 Å². The fourth-order valence-corrected chi connectivity index (χ4v) is 2.18. The maximum atomic E-state index is 4.59. The van der Waals surface area contributed by atoms with E-state index >= 15 is 0 Å². The van der Waals surface area contributed by atoms with Crippen molar-refractivity contribution in [2.75, 3.05) is 32.1 Å². The maximum absolute atomic E-state index is 4.59. The fraction of sp³-hybridized carbons (Fsp3) is 0.667. The molecule has 1 atom stereocenters. The normalized spacial score (nSPS) is 20.8. The smallest absolute Gasteiger partial charge is 0.150 e. The van der Waals surface area contributed by atoms with Crippen molar-refractivity contribution in [3.63, 3.8) is 0 Å². The van der Waals surface area contributed by atoms with E-state index in [2.05, 4.69) is 33.9 Å². The molecule has 2 heterocycles. The molecule has 4 heteroatoms. The average Bonchev–Trinajstić information content (AvgIpc) is 2.70. The highest BCUT2D eigenvalue weighted by atomic mass is 15.3. The van der Waals surface area contributed by atoms with Crippen LogP contribution in [-0.4, -0.2) is 48.1 Å². The van der Waals surface area contributed by atoms with E-state index in [-0.39, 0.29) is 0 Å². The highest BCUT2D eigenvalue weighted by Gasteiger charge is 2.26. The lowest BCUT2D eigenvalue weighted by molar-refractivity contribution is 0.315. The molecule has 1 aliphatic heterocycles. The minimum absolute atomic E-state index is 0.640. The lowest BCUT2D eigenvalue weighted by Crippen LogP contribution is -2.32. The first-order chi connectivity index (χ1) is 7.58. The standard InChI is InChI=1S/C12H20N4/c1-9-7-13-10(2)12(14-9)16-6-5-11(8-16)15(3)4/h7,11H,5-6,8H2,1-4H3. The number of likely N-dealkylation sites (N-methyl/N-ethyl adjacent to an activating group) is 1. The van der Waals surface area contributed by atoms with Gasteiger partial charge in [0.25, 0.3) is 0 Å².